The first kappa shape index (κ1) is 14.8. The Bertz CT molecular complexity index is 425. The van der Waals surface area contributed by atoms with E-state index in [1.807, 2.05) is 0 Å². The van der Waals surface area contributed by atoms with E-state index in [0.717, 1.165) is 25.9 Å². The summed E-state index contributed by atoms with van der Waals surface area (Å²) >= 11 is 5.96. The maximum absolute atomic E-state index is 13.8. The topological polar surface area (TPSA) is 15.3 Å². The number of hydrogen-bond donors (Lipinski definition) is 1. The van der Waals surface area contributed by atoms with E-state index >= 15 is 0 Å². The molecule has 1 N–H and O–H groups in total. The van der Waals surface area contributed by atoms with E-state index in [4.69, 9.17) is 11.6 Å². The van der Waals surface area contributed by atoms with Gasteiger partial charge < -0.3 is 5.32 Å². The van der Waals surface area contributed by atoms with Crippen molar-refractivity contribution < 1.29 is 4.39 Å². The number of halogens is 2. The second-order valence-corrected chi connectivity index (χ2v) is 5.85. The Morgan fingerprint density at radius 2 is 2.26 bits per heavy atom. The van der Waals surface area contributed by atoms with Crippen molar-refractivity contribution in [2.24, 2.45) is 0 Å². The van der Waals surface area contributed by atoms with Crippen molar-refractivity contribution in [2.75, 3.05) is 13.1 Å². The SMILES string of the molecule is CCCC1CNC(C)CN1Cc1cc(Cl)ccc1F. The fourth-order valence-corrected chi connectivity index (χ4v) is 2.92. The minimum absolute atomic E-state index is 0.161. The minimum Gasteiger partial charge on any atom is -0.311 e. The van der Waals surface area contributed by atoms with Gasteiger partial charge in [-0.05, 0) is 31.5 Å². The van der Waals surface area contributed by atoms with Crippen LogP contribution in [0, 0.1) is 5.82 Å². The third-order valence-corrected chi connectivity index (χ3v) is 3.96. The molecule has 0 amide bonds. The van der Waals surface area contributed by atoms with Gasteiger partial charge in [-0.3, -0.25) is 4.90 Å². The summed E-state index contributed by atoms with van der Waals surface area (Å²) in [6.07, 6.45) is 2.29. The molecule has 1 aromatic carbocycles. The molecule has 0 aliphatic carbocycles. The van der Waals surface area contributed by atoms with Gasteiger partial charge in [-0.15, -0.1) is 0 Å². The zero-order valence-electron chi connectivity index (χ0n) is 11.6. The van der Waals surface area contributed by atoms with Gasteiger partial charge in [0, 0.05) is 42.3 Å². The van der Waals surface area contributed by atoms with Crippen LogP contribution in [0.25, 0.3) is 0 Å². The summed E-state index contributed by atoms with van der Waals surface area (Å²) in [5, 5.41) is 4.10. The average Bonchev–Trinajstić information content (AvgIpc) is 2.37. The number of hydrogen-bond acceptors (Lipinski definition) is 2. The highest BCUT2D eigenvalue weighted by molar-refractivity contribution is 6.30. The lowest BCUT2D eigenvalue weighted by atomic mass is 10.0. The Morgan fingerprint density at radius 3 is 3.00 bits per heavy atom. The zero-order chi connectivity index (χ0) is 13.8. The molecule has 4 heteroatoms. The van der Waals surface area contributed by atoms with Crippen LogP contribution in [0.2, 0.25) is 5.02 Å². The van der Waals surface area contributed by atoms with Crippen LogP contribution in [-0.4, -0.2) is 30.1 Å². The van der Waals surface area contributed by atoms with Crippen molar-refractivity contribution >= 4 is 11.6 Å². The van der Waals surface area contributed by atoms with Crippen molar-refractivity contribution in [1.82, 2.24) is 10.2 Å². The Morgan fingerprint density at radius 1 is 1.47 bits per heavy atom. The maximum Gasteiger partial charge on any atom is 0.127 e. The smallest absolute Gasteiger partial charge is 0.127 e. The third-order valence-electron chi connectivity index (χ3n) is 3.73. The molecule has 2 unspecified atom stereocenters. The van der Waals surface area contributed by atoms with Gasteiger partial charge in [-0.2, -0.15) is 0 Å². The molecular formula is C15H22ClFN2. The van der Waals surface area contributed by atoms with Crippen LogP contribution in [0.1, 0.15) is 32.3 Å². The van der Waals surface area contributed by atoms with Gasteiger partial charge in [0.05, 0.1) is 0 Å². The number of piperazine rings is 1. The molecule has 1 heterocycles. The lowest BCUT2D eigenvalue weighted by Crippen LogP contribution is -2.54. The molecule has 0 radical (unpaired) electrons. The summed E-state index contributed by atoms with van der Waals surface area (Å²) in [6, 6.07) is 5.74. The highest BCUT2D eigenvalue weighted by Crippen LogP contribution is 2.20. The van der Waals surface area contributed by atoms with Crippen molar-refractivity contribution in [3.63, 3.8) is 0 Å². The normalized spacial score (nSPS) is 24.6. The van der Waals surface area contributed by atoms with Crippen LogP contribution in [0.5, 0.6) is 0 Å². The summed E-state index contributed by atoms with van der Waals surface area (Å²) in [5.74, 6) is -0.161. The third kappa shape index (κ3) is 3.91. The fraction of sp³-hybridized carbons (Fsp3) is 0.600. The highest BCUT2D eigenvalue weighted by atomic mass is 35.5. The average molecular weight is 285 g/mol. The molecule has 1 aliphatic rings. The Hall–Kier alpha value is -0.640. The maximum atomic E-state index is 13.8. The molecule has 1 aliphatic heterocycles. The zero-order valence-corrected chi connectivity index (χ0v) is 12.4. The first-order chi connectivity index (χ1) is 9.10. The quantitative estimate of drug-likeness (QED) is 0.911. The van der Waals surface area contributed by atoms with Crippen LogP contribution < -0.4 is 5.32 Å². The van der Waals surface area contributed by atoms with Gasteiger partial charge >= 0.3 is 0 Å². The van der Waals surface area contributed by atoms with E-state index in [-0.39, 0.29) is 5.82 Å². The standard InChI is InChI=1S/C15H22ClFN2/c1-3-4-14-8-18-11(2)9-19(14)10-12-7-13(16)5-6-15(12)17/h5-7,11,14,18H,3-4,8-10H2,1-2H3. The van der Waals surface area contributed by atoms with Gasteiger partial charge in [0.15, 0.2) is 0 Å². The molecule has 1 fully saturated rings. The minimum atomic E-state index is -0.161. The van der Waals surface area contributed by atoms with Gasteiger partial charge in [0.1, 0.15) is 5.82 Å². The van der Waals surface area contributed by atoms with Crippen LogP contribution in [0.4, 0.5) is 4.39 Å². The molecule has 0 spiro atoms. The van der Waals surface area contributed by atoms with Gasteiger partial charge in [-0.25, -0.2) is 4.39 Å². The van der Waals surface area contributed by atoms with Crippen molar-refractivity contribution in [2.45, 2.75) is 45.3 Å². The molecule has 2 atom stereocenters. The number of nitrogens with one attached hydrogen (secondary N) is 1. The van der Waals surface area contributed by atoms with Crippen LogP contribution in [0.3, 0.4) is 0 Å². The van der Waals surface area contributed by atoms with E-state index in [9.17, 15) is 4.39 Å². The summed E-state index contributed by atoms with van der Waals surface area (Å²) in [4.78, 5) is 2.37. The second kappa shape index (κ2) is 6.69. The first-order valence-corrected chi connectivity index (χ1v) is 7.39. The Balaban J connectivity index is 2.11. The summed E-state index contributed by atoms with van der Waals surface area (Å²) in [6.45, 7) is 6.94. The molecule has 1 aromatic rings. The van der Waals surface area contributed by atoms with Crippen LogP contribution in [0.15, 0.2) is 18.2 Å². The summed E-state index contributed by atoms with van der Waals surface area (Å²) in [7, 11) is 0. The molecule has 0 aromatic heterocycles. The van der Waals surface area contributed by atoms with Crippen LogP contribution >= 0.6 is 11.6 Å². The predicted octanol–water partition coefficient (Wildman–Crippen LogP) is 3.44. The lowest BCUT2D eigenvalue weighted by Gasteiger charge is -2.39. The predicted molar refractivity (Wildman–Crippen MR) is 78.0 cm³/mol. The van der Waals surface area contributed by atoms with Gasteiger partial charge in [0.25, 0.3) is 0 Å². The van der Waals surface area contributed by atoms with Crippen molar-refractivity contribution in [3.05, 3.63) is 34.6 Å². The molecule has 0 bridgehead atoms. The van der Waals surface area contributed by atoms with E-state index in [0.29, 0.717) is 29.2 Å². The number of benzene rings is 1. The van der Waals surface area contributed by atoms with E-state index in [1.54, 1.807) is 12.1 Å². The molecule has 1 saturated heterocycles. The first-order valence-electron chi connectivity index (χ1n) is 7.01. The van der Waals surface area contributed by atoms with E-state index < -0.39 is 0 Å². The Kier molecular flexibility index (Phi) is 5.20. The number of nitrogens with zero attached hydrogens (tertiary/aromatic N) is 1. The molecule has 2 rings (SSSR count). The van der Waals surface area contributed by atoms with E-state index in [2.05, 4.69) is 24.1 Å². The summed E-state index contributed by atoms with van der Waals surface area (Å²) < 4.78 is 13.8. The van der Waals surface area contributed by atoms with E-state index in [1.165, 1.54) is 6.07 Å². The monoisotopic (exact) mass is 284 g/mol. The molecule has 19 heavy (non-hydrogen) atoms. The molecule has 106 valence electrons. The van der Waals surface area contributed by atoms with Gasteiger partial charge in [-0.1, -0.05) is 24.9 Å². The highest BCUT2D eigenvalue weighted by Gasteiger charge is 2.25. The number of rotatable bonds is 4. The summed E-state index contributed by atoms with van der Waals surface area (Å²) in [5.41, 5.74) is 0.697. The lowest BCUT2D eigenvalue weighted by molar-refractivity contribution is 0.119. The largest absolute Gasteiger partial charge is 0.311 e. The Labute approximate surface area is 119 Å². The molecular weight excluding hydrogens is 263 g/mol. The molecule has 0 saturated carbocycles. The van der Waals surface area contributed by atoms with Crippen molar-refractivity contribution in [1.29, 1.82) is 0 Å². The fourth-order valence-electron chi connectivity index (χ4n) is 2.73. The second-order valence-electron chi connectivity index (χ2n) is 5.42. The van der Waals surface area contributed by atoms with Crippen molar-refractivity contribution in [3.8, 4) is 0 Å². The van der Waals surface area contributed by atoms with Crippen LogP contribution in [-0.2, 0) is 6.54 Å². The molecule has 2 nitrogen and oxygen atoms in total. The van der Waals surface area contributed by atoms with Gasteiger partial charge in [0.2, 0.25) is 0 Å².